The average molecular weight is 194 g/mol. The van der Waals surface area contributed by atoms with Crippen LogP contribution >= 0.6 is 0 Å². The van der Waals surface area contributed by atoms with E-state index in [-0.39, 0.29) is 0 Å². The fourth-order valence-electron chi connectivity index (χ4n) is 4.29. The summed E-state index contributed by atoms with van der Waals surface area (Å²) in [5.41, 5.74) is 3.13. The van der Waals surface area contributed by atoms with E-state index in [0.717, 1.165) is 23.7 Å². The monoisotopic (exact) mass is 194 g/mol. The number of nitrogens with two attached hydrogens (primary N) is 1. The zero-order valence-electron chi connectivity index (χ0n) is 8.91. The molecule has 0 aliphatic heterocycles. The molecule has 0 saturated heterocycles. The van der Waals surface area contributed by atoms with E-state index in [4.69, 9.17) is 5.84 Å². The number of rotatable bonds is 3. The summed E-state index contributed by atoms with van der Waals surface area (Å²) in [5.74, 6) is 9.71. The van der Waals surface area contributed by atoms with Gasteiger partial charge in [-0.15, -0.1) is 0 Å². The standard InChI is InChI=1S/C12H22N2/c13-14-12(8-4-1-2-5-8)11-9-6-3-7-10(9)11/h8-12,14H,1-7,13H2. The third kappa shape index (κ3) is 1.31. The normalized spacial score (nSPS) is 43.9. The lowest BCUT2D eigenvalue weighted by atomic mass is 9.91. The maximum absolute atomic E-state index is 5.75. The molecule has 0 aromatic heterocycles. The Morgan fingerprint density at radius 1 is 0.929 bits per heavy atom. The van der Waals surface area contributed by atoms with Crippen molar-refractivity contribution in [1.29, 1.82) is 0 Å². The van der Waals surface area contributed by atoms with E-state index in [0.29, 0.717) is 6.04 Å². The summed E-state index contributed by atoms with van der Waals surface area (Å²) in [5, 5.41) is 0. The average Bonchev–Trinajstić information content (AvgIpc) is 2.67. The number of nitrogens with one attached hydrogen (secondary N) is 1. The first-order valence-electron chi connectivity index (χ1n) is 6.38. The predicted molar refractivity (Wildman–Crippen MR) is 57.4 cm³/mol. The maximum Gasteiger partial charge on any atom is 0.0272 e. The fourth-order valence-corrected chi connectivity index (χ4v) is 4.29. The summed E-state index contributed by atoms with van der Waals surface area (Å²) in [7, 11) is 0. The lowest BCUT2D eigenvalue weighted by Crippen LogP contribution is -2.42. The van der Waals surface area contributed by atoms with Crippen LogP contribution in [0.2, 0.25) is 0 Å². The Kier molecular flexibility index (Phi) is 2.29. The third-order valence-corrected chi connectivity index (χ3v) is 4.99. The van der Waals surface area contributed by atoms with Crippen LogP contribution in [-0.2, 0) is 0 Å². The van der Waals surface area contributed by atoms with Crippen molar-refractivity contribution in [3.8, 4) is 0 Å². The molecule has 0 aromatic carbocycles. The molecule has 2 heteroatoms. The molecule has 0 aromatic rings. The van der Waals surface area contributed by atoms with Gasteiger partial charge in [0.25, 0.3) is 0 Å². The van der Waals surface area contributed by atoms with Crippen LogP contribution in [0.5, 0.6) is 0 Å². The van der Waals surface area contributed by atoms with Gasteiger partial charge in [0.2, 0.25) is 0 Å². The molecule has 0 heterocycles. The summed E-state index contributed by atoms with van der Waals surface area (Å²) in [6.07, 6.45) is 10.2. The third-order valence-electron chi connectivity index (χ3n) is 4.99. The largest absolute Gasteiger partial charge is 0.271 e. The molecular weight excluding hydrogens is 172 g/mol. The zero-order valence-corrected chi connectivity index (χ0v) is 8.91. The Bertz CT molecular complexity index is 200. The van der Waals surface area contributed by atoms with Gasteiger partial charge in [0.15, 0.2) is 0 Å². The second-order valence-corrected chi connectivity index (χ2v) is 5.57. The van der Waals surface area contributed by atoms with Crippen LogP contribution in [0.1, 0.15) is 44.9 Å². The molecule has 0 bridgehead atoms. The fraction of sp³-hybridized carbons (Fsp3) is 1.00. The molecule has 14 heavy (non-hydrogen) atoms. The number of hydrogen-bond donors (Lipinski definition) is 2. The molecule has 3 aliphatic carbocycles. The molecule has 3 rings (SSSR count). The first-order chi connectivity index (χ1) is 6.92. The lowest BCUT2D eigenvalue weighted by Gasteiger charge is -2.24. The molecule has 3 saturated carbocycles. The molecule has 0 radical (unpaired) electrons. The maximum atomic E-state index is 5.75. The molecule has 0 spiro atoms. The van der Waals surface area contributed by atoms with Crippen LogP contribution in [0.15, 0.2) is 0 Å². The smallest absolute Gasteiger partial charge is 0.0272 e. The molecule has 3 atom stereocenters. The highest BCUT2D eigenvalue weighted by Gasteiger charge is 2.56. The van der Waals surface area contributed by atoms with Crippen LogP contribution < -0.4 is 11.3 Å². The van der Waals surface area contributed by atoms with Crippen molar-refractivity contribution < 1.29 is 0 Å². The first kappa shape index (κ1) is 9.17. The van der Waals surface area contributed by atoms with Crippen molar-refractivity contribution in [2.45, 2.75) is 51.0 Å². The minimum atomic E-state index is 0.660. The zero-order chi connectivity index (χ0) is 9.54. The minimum absolute atomic E-state index is 0.660. The van der Waals surface area contributed by atoms with Gasteiger partial charge in [-0.1, -0.05) is 19.3 Å². The van der Waals surface area contributed by atoms with E-state index in [1.54, 1.807) is 0 Å². The topological polar surface area (TPSA) is 38.0 Å². The Labute approximate surface area is 86.6 Å². The highest BCUT2D eigenvalue weighted by Crippen LogP contribution is 2.60. The molecule has 2 nitrogen and oxygen atoms in total. The van der Waals surface area contributed by atoms with E-state index >= 15 is 0 Å². The lowest BCUT2D eigenvalue weighted by molar-refractivity contribution is 0.299. The van der Waals surface area contributed by atoms with Crippen molar-refractivity contribution in [2.24, 2.45) is 29.5 Å². The molecular formula is C12H22N2. The summed E-state index contributed by atoms with van der Waals surface area (Å²) in [6.45, 7) is 0. The van der Waals surface area contributed by atoms with Crippen LogP contribution in [-0.4, -0.2) is 6.04 Å². The molecule has 80 valence electrons. The highest BCUT2D eigenvalue weighted by atomic mass is 15.2. The van der Waals surface area contributed by atoms with Crippen LogP contribution in [0.3, 0.4) is 0 Å². The van der Waals surface area contributed by atoms with Gasteiger partial charge in [-0.05, 0) is 49.4 Å². The first-order valence-corrected chi connectivity index (χ1v) is 6.38. The van der Waals surface area contributed by atoms with Crippen molar-refractivity contribution in [3.63, 3.8) is 0 Å². The van der Waals surface area contributed by atoms with Gasteiger partial charge in [-0.25, -0.2) is 0 Å². The molecule has 3 N–H and O–H groups in total. The highest BCUT2D eigenvalue weighted by molar-refractivity contribution is 5.07. The van der Waals surface area contributed by atoms with E-state index in [9.17, 15) is 0 Å². The van der Waals surface area contributed by atoms with Crippen molar-refractivity contribution in [3.05, 3.63) is 0 Å². The summed E-state index contributed by atoms with van der Waals surface area (Å²) < 4.78 is 0. The van der Waals surface area contributed by atoms with Gasteiger partial charge in [0.1, 0.15) is 0 Å². The van der Waals surface area contributed by atoms with Crippen LogP contribution in [0.4, 0.5) is 0 Å². The van der Waals surface area contributed by atoms with Crippen molar-refractivity contribution in [1.82, 2.24) is 5.43 Å². The molecule has 3 fully saturated rings. The summed E-state index contributed by atoms with van der Waals surface area (Å²) in [6, 6.07) is 0.660. The van der Waals surface area contributed by atoms with E-state index in [1.165, 1.54) is 44.9 Å². The van der Waals surface area contributed by atoms with Crippen molar-refractivity contribution in [2.75, 3.05) is 0 Å². The minimum Gasteiger partial charge on any atom is -0.271 e. The van der Waals surface area contributed by atoms with Gasteiger partial charge in [0.05, 0.1) is 0 Å². The molecule has 3 unspecified atom stereocenters. The Balaban J connectivity index is 1.63. The number of hydrazine groups is 1. The second kappa shape index (κ2) is 3.49. The van der Waals surface area contributed by atoms with E-state index in [2.05, 4.69) is 5.43 Å². The van der Waals surface area contributed by atoms with Gasteiger partial charge >= 0.3 is 0 Å². The van der Waals surface area contributed by atoms with Crippen LogP contribution in [0.25, 0.3) is 0 Å². The summed E-state index contributed by atoms with van der Waals surface area (Å²) in [4.78, 5) is 0. The Hall–Kier alpha value is -0.0800. The summed E-state index contributed by atoms with van der Waals surface area (Å²) >= 11 is 0. The van der Waals surface area contributed by atoms with Gasteiger partial charge in [-0.2, -0.15) is 0 Å². The van der Waals surface area contributed by atoms with Crippen molar-refractivity contribution >= 4 is 0 Å². The predicted octanol–water partition coefficient (Wildman–Crippen LogP) is 2.05. The second-order valence-electron chi connectivity index (χ2n) is 5.57. The quantitative estimate of drug-likeness (QED) is 0.533. The molecule has 3 aliphatic rings. The SMILES string of the molecule is NNC(C1CCCC1)C1C2CCCC21. The number of fused-ring (bicyclic) bond motifs is 1. The van der Waals surface area contributed by atoms with Crippen LogP contribution in [0, 0.1) is 23.7 Å². The number of hydrogen-bond acceptors (Lipinski definition) is 2. The van der Waals surface area contributed by atoms with Gasteiger partial charge in [-0.3, -0.25) is 11.3 Å². The van der Waals surface area contributed by atoms with E-state index < -0.39 is 0 Å². The van der Waals surface area contributed by atoms with Gasteiger partial charge in [0, 0.05) is 6.04 Å². The van der Waals surface area contributed by atoms with E-state index in [1.807, 2.05) is 0 Å². The van der Waals surface area contributed by atoms with Gasteiger partial charge < -0.3 is 0 Å². The molecule has 0 amide bonds. The Morgan fingerprint density at radius 3 is 2.14 bits per heavy atom. The Morgan fingerprint density at radius 2 is 1.57 bits per heavy atom.